The fourth-order valence-corrected chi connectivity index (χ4v) is 2.13. The summed E-state index contributed by atoms with van der Waals surface area (Å²) in [4.78, 5) is 12.6. The molecule has 0 saturated heterocycles. The lowest BCUT2D eigenvalue weighted by molar-refractivity contribution is -0.118. The second-order valence-corrected chi connectivity index (χ2v) is 6.18. The largest absolute Gasteiger partial charge is 0.355 e. The zero-order valence-corrected chi connectivity index (χ0v) is 13.6. The fourth-order valence-electron chi connectivity index (χ4n) is 1.34. The van der Waals surface area contributed by atoms with Gasteiger partial charge < -0.3 is 5.32 Å². The standard InChI is InChI=1S/C15H24ClNOS/c1-5-14(9-8-13(4)16)19-11-15(18)17-10-6-7-12(2)3/h5,8-9,12H,4,6-7,10-11H2,1-3H3,(H,17,18)/b9-8-,14-5+. The topological polar surface area (TPSA) is 29.1 Å². The van der Waals surface area contributed by atoms with E-state index < -0.39 is 0 Å². The maximum atomic E-state index is 11.6. The highest BCUT2D eigenvalue weighted by molar-refractivity contribution is 8.03. The highest BCUT2D eigenvalue weighted by Crippen LogP contribution is 2.17. The van der Waals surface area contributed by atoms with E-state index in [9.17, 15) is 4.79 Å². The first-order chi connectivity index (χ1) is 8.95. The Hall–Kier alpha value is -0.670. The van der Waals surface area contributed by atoms with Gasteiger partial charge in [0.05, 0.1) is 5.75 Å². The van der Waals surface area contributed by atoms with Crippen molar-refractivity contribution in [2.45, 2.75) is 33.6 Å². The lowest BCUT2D eigenvalue weighted by atomic mass is 10.1. The predicted molar refractivity (Wildman–Crippen MR) is 87.4 cm³/mol. The molecule has 0 unspecified atom stereocenters. The summed E-state index contributed by atoms with van der Waals surface area (Å²) >= 11 is 7.15. The van der Waals surface area contributed by atoms with Crippen LogP contribution < -0.4 is 5.32 Å². The van der Waals surface area contributed by atoms with Crippen molar-refractivity contribution in [1.82, 2.24) is 5.32 Å². The van der Waals surface area contributed by atoms with Crippen LogP contribution >= 0.6 is 23.4 Å². The van der Waals surface area contributed by atoms with Crippen molar-refractivity contribution in [2.24, 2.45) is 5.92 Å². The third-order valence-corrected chi connectivity index (χ3v) is 3.60. The fraction of sp³-hybridized carbons (Fsp3) is 0.533. The molecule has 0 aromatic carbocycles. The van der Waals surface area contributed by atoms with Gasteiger partial charge in [0.1, 0.15) is 0 Å². The molecule has 0 bridgehead atoms. The molecule has 0 rings (SSSR count). The third-order valence-electron chi connectivity index (χ3n) is 2.36. The molecule has 0 fully saturated rings. The number of carbonyl (C=O) groups is 1. The molecule has 0 aromatic rings. The number of hydrogen-bond acceptors (Lipinski definition) is 2. The summed E-state index contributed by atoms with van der Waals surface area (Å²) in [5.74, 6) is 1.20. The van der Waals surface area contributed by atoms with Crippen LogP contribution in [-0.4, -0.2) is 18.2 Å². The van der Waals surface area contributed by atoms with Gasteiger partial charge in [-0.15, -0.1) is 11.8 Å². The number of rotatable bonds is 9. The monoisotopic (exact) mass is 301 g/mol. The van der Waals surface area contributed by atoms with Crippen LogP contribution in [0.3, 0.4) is 0 Å². The van der Waals surface area contributed by atoms with E-state index >= 15 is 0 Å². The number of nitrogens with one attached hydrogen (secondary N) is 1. The van der Waals surface area contributed by atoms with E-state index in [1.165, 1.54) is 11.8 Å². The lowest BCUT2D eigenvalue weighted by Crippen LogP contribution is -2.26. The van der Waals surface area contributed by atoms with E-state index in [-0.39, 0.29) is 5.91 Å². The maximum Gasteiger partial charge on any atom is 0.230 e. The first kappa shape index (κ1) is 18.3. The van der Waals surface area contributed by atoms with E-state index in [2.05, 4.69) is 25.7 Å². The molecule has 0 aliphatic carbocycles. The van der Waals surface area contributed by atoms with Crippen LogP contribution in [0.15, 0.2) is 34.7 Å². The highest BCUT2D eigenvalue weighted by atomic mass is 35.5. The molecule has 0 aliphatic heterocycles. The number of allylic oxidation sites excluding steroid dienone is 4. The van der Waals surface area contributed by atoms with Gasteiger partial charge in [0.2, 0.25) is 5.91 Å². The summed E-state index contributed by atoms with van der Waals surface area (Å²) < 4.78 is 0. The number of hydrogen-bond donors (Lipinski definition) is 1. The average Bonchev–Trinajstić information content (AvgIpc) is 2.34. The number of halogens is 1. The third kappa shape index (κ3) is 12.1. The smallest absolute Gasteiger partial charge is 0.230 e. The minimum absolute atomic E-state index is 0.0752. The summed E-state index contributed by atoms with van der Waals surface area (Å²) in [5.41, 5.74) is 0. The van der Waals surface area contributed by atoms with Gasteiger partial charge in [-0.2, -0.15) is 0 Å². The van der Waals surface area contributed by atoms with Crippen molar-refractivity contribution in [2.75, 3.05) is 12.3 Å². The molecule has 0 aliphatic rings. The summed E-state index contributed by atoms with van der Waals surface area (Å²) in [6, 6.07) is 0. The van der Waals surface area contributed by atoms with E-state index in [0.717, 1.165) is 24.3 Å². The van der Waals surface area contributed by atoms with Crippen LogP contribution in [0.1, 0.15) is 33.6 Å². The molecular formula is C15H24ClNOS. The van der Waals surface area contributed by atoms with E-state index in [4.69, 9.17) is 11.6 Å². The van der Waals surface area contributed by atoms with Gasteiger partial charge in [0, 0.05) is 16.5 Å². The van der Waals surface area contributed by atoms with Gasteiger partial charge in [-0.1, -0.05) is 38.1 Å². The van der Waals surface area contributed by atoms with Gasteiger partial charge in [0.15, 0.2) is 0 Å². The van der Waals surface area contributed by atoms with Gasteiger partial charge in [-0.05, 0) is 37.8 Å². The van der Waals surface area contributed by atoms with Gasteiger partial charge in [-0.25, -0.2) is 0 Å². The van der Waals surface area contributed by atoms with Crippen molar-refractivity contribution >= 4 is 29.3 Å². The van der Waals surface area contributed by atoms with Crippen LogP contribution in [0.4, 0.5) is 0 Å². The van der Waals surface area contributed by atoms with Crippen molar-refractivity contribution in [3.63, 3.8) is 0 Å². The quantitative estimate of drug-likeness (QED) is 0.502. The number of thioether (sulfide) groups is 1. The molecule has 2 nitrogen and oxygen atoms in total. The van der Waals surface area contributed by atoms with Gasteiger partial charge in [-0.3, -0.25) is 4.79 Å². The normalized spacial score (nSPS) is 12.2. The Morgan fingerprint density at radius 2 is 2.11 bits per heavy atom. The minimum Gasteiger partial charge on any atom is -0.355 e. The number of carbonyl (C=O) groups excluding carboxylic acids is 1. The molecule has 0 spiro atoms. The summed E-state index contributed by atoms with van der Waals surface area (Å²) in [7, 11) is 0. The van der Waals surface area contributed by atoms with E-state index in [1.54, 1.807) is 6.08 Å². The van der Waals surface area contributed by atoms with Crippen molar-refractivity contribution in [3.8, 4) is 0 Å². The van der Waals surface area contributed by atoms with Crippen LogP contribution in [0, 0.1) is 5.92 Å². The SMILES string of the molecule is C=C(Cl)/C=C\C(=C/C)SCC(=O)NCCCC(C)C. The maximum absolute atomic E-state index is 11.6. The molecule has 0 atom stereocenters. The Morgan fingerprint density at radius 3 is 2.63 bits per heavy atom. The summed E-state index contributed by atoms with van der Waals surface area (Å²) in [6.07, 6.45) is 7.73. The van der Waals surface area contributed by atoms with Crippen LogP contribution in [0.25, 0.3) is 0 Å². The molecule has 4 heteroatoms. The first-order valence-electron chi connectivity index (χ1n) is 6.54. The van der Waals surface area contributed by atoms with Crippen LogP contribution in [0.5, 0.6) is 0 Å². The first-order valence-corrected chi connectivity index (χ1v) is 7.90. The molecule has 0 saturated carbocycles. The predicted octanol–water partition coefficient (Wildman–Crippen LogP) is 4.48. The number of amides is 1. The average molecular weight is 302 g/mol. The molecule has 0 aromatic heterocycles. The Morgan fingerprint density at radius 1 is 1.42 bits per heavy atom. The Bertz CT molecular complexity index is 348. The van der Waals surface area contributed by atoms with Gasteiger partial charge in [0.25, 0.3) is 0 Å². The van der Waals surface area contributed by atoms with Crippen molar-refractivity contribution < 1.29 is 4.79 Å². The Labute approximate surface area is 126 Å². The molecule has 108 valence electrons. The second kappa shape index (κ2) is 11.2. The lowest BCUT2D eigenvalue weighted by Gasteiger charge is -2.07. The zero-order valence-electron chi connectivity index (χ0n) is 12.0. The molecule has 1 N–H and O–H groups in total. The summed E-state index contributed by atoms with van der Waals surface area (Å²) in [6.45, 7) is 10.7. The Balaban J connectivity index is 3.85. The van der Waals surface area contributed by atoms with E-state index in [0.29, 0.717) is 16.7 Å². The van der Waals surface area contributed by atoms with Crippen LogP contribution in [-0.2, 0) is 4.79 Å². The molecule has 0 heterocycles. The molecular weight excluding hydrogens is 278 g/mol. The molecule has 19 heavy (non-hydrogen) atoms. The second-order valence-electron chi connectivity index (χ2n) is 4.65. The van der Waals surface area contributed by atoms with Crippen molar-refractivity contribution in [3.05, 3.63) is 34.7 Å². The Kier molecular flexibility index (Phi) is 10.8. The van der Waals surface area contributed by atoms with Crippen LogP contribution in [0.2, 0.25) is 0 Å². The van der Waals surface area contributed by atoms with E-state index in [1.807, 2.05) is 19.1 Å². The molecule has 0 radical (unpaired) electrons. The zero-order chi connectivity index (χ0) is 14.7. The molecule has 1 amide bonds. The highest BCUT2D eigenvalue weighted by Gasteiger charge is 2.02. The minimum atomic E-state index is 0.0752. The van der Waals surface area contributed by atoms with Crippen molar-refractivity contribution in [1.29, 1.82) is 0 Å². The van der Waals surface area contributed by atoms with Gasteiger partial charge >= 0.3 is 0 Å². The summed E-state index contributed by atoms with van der Waals surface area (Å²) in [5, 5.41) is 3.41.